The van der Waals surface area contributed by atoms with Gasteiger partial charge in [-0.3, -0.25) is 4.72 Å². The standard InChI is InChI=1S/C16H19NO3S/c1-3-14-11-15(9-10-16(14)20-2)17-21(18,19)12-13-7-5-4-6-8-13/h4-11,17H,3,12H2,1-2H3. The lowest BCUT2D eigenvalue weighted by Gasteiger charge is -2.12. The predicted molar refractivity (Wildman–Crippen MR) is 85.1 cm³/mol. The summed E-state index contributed by atoms with van der Waals surface area (Å²) < 4.78 is 32.2. The number of aryl methyl sites for hydroxylation is 1. The van der Waals surface area contributed by atoms with Crippen LogP contribution in [-0.2, 0) is 22.2 Å². The van der Waals surface area contributed by atoms with E-state index in [-0.39, 0.29) is 5.75 Å². The molecule has 1 N–H and O–H groups in total. The summed E-state index contributed by atoms with van der Waals surface area (Å²) in [5.41, 5.74) is 2.29. The summed E-state index contributed by atoms with van der Waals surface area (Å²) in [7, 11) is -1.82. The molecule has 4 nitrogen and oxygen atoms in total. The molecule has 21 heavy (non-hydrogen) atoms. The lowest BCUT2D eigenvalue weighted by Crippen LogP contribution is -2.15. The second-order valence-corrected chi connectivity index (χ2v) is 6.45. The molecule has 0 unspecified atom stereocenters. The van der Waals surface area contributed by atoms with Crippen molar-refractivity contribution in [1.82, 2.24) is 0 Å². The Hall–Kier alpha value is -2.01. The quantitative estimate of drug-likeness (QED) is 0.891. The van der Waals surface area contributed by atoms with Crippen molar-refractivity contribution in [3.8, 4) is 5.75 Å². The minimum absolute atomic E-state index is 0.0403. The molecule has 5 heteroatoms. The van der Waals surface area contributed by atoms with Crippen LogP contribution in [0.25, 0.3) is 0 Å². The van der Waals surface area contributed by atoms with Crippen molar-refractivity contribution in [3.63, 3.8) is 0 Å². The third-order valence-electron chi connectivity index (χ3n) is 3.13. The fourth-order valence-corrected chi connectivity index (χ4v) is 3.32. The highest BCUT2D eigenvalue weighted by molar-refractivity contribution is 7.91. The topological polar surface area (TPSA) is 55.4 Å². The van der Waals surface area contributed by atoms with Gasteiger partial charge in [0.15, 0.2) is 0 Å². The lowest BCUT2D eigenvalue weighted by atomic mass is 10.1. The first-order valence-corrected chi connectivity index (χ1v) is 8.40. The van der Waals surface area contributed by atoms with E-state index in [0.717, 1.165) is 23.3 Å². The molecule has 0 amide bonds. The maximum atomic E-state index is 12.2. The van der Waals surface area contributed by atoms with Crippen molar-refractivity contribution in [2.45, 2.75) is 19.1 Å². The van der Waals surface area contributed by atoms with Gasteiger partial charge in [-0.05, 0) is 35.7 Å². The normalized spacial score (nSPS) is 11.1. The van der Waals surface area contributed by atoms with Crippen molar-refractivity contribution in [1.29, 1.82) is 0 Å². The van der Waals surface area contributed by atoms with E-state index in [1.165, 1.54) is 0 Å². The van der Waals surface area contributed by atoms with Gasteiger partial charge in [-0.15, -0.1) is 0 Å². The summed E-state index contributed by atoms with van der Waals surface area (Å²) in [6.07, 6.45) is 0.775. The van der Waals surface area contributed by atoms with Crippen molar-refractivity contribution in [2.24, 2.45) is 0 Å². The van der Waals surface area contributed by atoms with Crippen molar-refractivity contribution in [2.75, 3.05) is 11.8 Å². The average Bonchev–Trinajstić information content (AvgIpc) is 2.47. The molecular weight excluding hydrogens is 286 g/mol. The van der Waals surface area contributed by atoms with Crippen LogP contribution in [0, 0.1) is 0 Å². The Morgan fingerprint density at radius 2 is 1.81 bits per heavy atom. The van der Waals surface area contributed by atoms with Crippen molar-refractivity contribution >= 4 is 15.7 Å². The zero-order chi connectivity index (χ0) is 15.3. The Morgan fingerprint density at radius 1 is 1.10 bits per heavy atom. The molecule has 0 heterocycles. The van der Waals surface area contributed by atoms with Gasteiger partial charge < -0.3 is 4.74 Å². The molecule has 112 valence electrons. The number of nitrogens with one attached hydrogen (secondary N) is 1. The van der Waals surface area contributed by atoms with Gasteiger partial charge in [0.2, 0.25) is 10.0 Å². The van der Waals surface area contributed by atoms with Crippen LogP contribution in [-0.4, -0.2) is 15.5 Å². The molecule has 2 aromatic carbocycles. The molecule has 0 saturated carbocycles. The first-order chi connectivity index (χ1) is 10.0. The van der Waals surface area contributed by atoms with E-state index >= 15 is 0 Å². The van der Waals surface area contributed by atoms with Crippen LogP contribution in [0.1, 0.15) is 18.1 Å². The number of hydrogen-bond acceptors (Lipinski definition) is 3. The molecule has 0 spiro atoms. The molecule has 0 aliphatic carbocycles. The van der Waals surface area contributed by atoms with Crippen LogP contribution in [0.3, 0.4) is 0 Å². The van der Waals surface area contributed by atoms with Crippen LogP contribution < -0.4 is 9.46 Å². The largest absolute Gasteiger partial charge is 0.496 e. The predicted octanol–water partition coefficient (Wildman–Crippen LogP) is 3.20. The summed E-state index contributed by atoms with van der Waals surface area (Å²) in [6.45, 7) is 2.00. The molecule has 0 saturated heterocycles. The Morgan fingerprint density at radius 3 is 2.43 bits per heavy atom. The molecule has 0 aromatic heterocycles. The van der Waals surface area contributed by atoms with E-state index < -0.39 is 10.0 Å². The van der Waals surface area contributed by atoms with Gasteiger partial charge in [0.25, 0.3) is 0 Å². The third-order valence-corrected chi connectivity index (χ3v) is 4.39. The molecule has 0 bridgehead atoms. The molecule has 2 rings (SSSR count). The second kappa shape index (κ2) is 6.63. The van der Waals surface area contributed by atoms with E-state index in [0.29, 0.717) is 5.69 Å². The molecular formula is C16H19NO3S. The minimum Gasteiger partial charge on any atom is -0.496 e. The fourth-order valence-electron chi connectivity index (χ4n) is 2.13. The number of benzene rings is 2. The van der Waals surface area contributed by atoms with Gasteiger partial charge in [0.05, 0.1) is 12.9 Å². The SMILES string of the molecule is CCc1cc(NS(=O)(=O)Cc2ccccc2)ccc1OC. The second-order valence-electron chi connectivity index (χ2n) is 4.73. The first kappa shape index (κ1) is 15.4. The Kier molecular flexibility index (Phi) is 4.85. The van der Waals surface area contributed by atoms with Gasteiger partial charge in [0.1, 0.15) is 5.75 Å². The Bertz CT molecular complexity index is 697. The maximum absolute atomic E-state index is 12.2. The molecule has 0 fully saturated rings. The van der Waals surface area contributed by atoms with Gasteiger partial charge in [-0.2, -0.15) is 0 Å². The van der Waals surface area contributed by atoms with Crippen LogP contribution in [0.5, 0.6) is 5.75 Å². The number of hydrogen-bond donors (Lipinski definition) is 1. The summed E-state index contributed by atoms with van der Waals surface area (Å²) in [4.78, 5) is 0. The Labute approximate surface area is 125 Å². The van der Waals surface area contributed by atoms with E-state index in [1.54, 1.807) is 37.4 Å². The van der Waals surface area contributed by atoms with Crippen LogP contribution in [0.4, 0.5) is 5.69 Å². The lowest BCUT2D eigenvalue weighted by molar-refractivity contribution is 0.410. The number of rotatable bonds is 6. The molecule has 0 atom stereocenters. The van der Waals surface area contributed by atoms with Gasteiger partial charge in [0, 0.05) is 5.69 Å². The minimum atomic E-state index is -3.42. The monoisotopic (exact) mass is 305 g/mol. The van der Waals surface area contributed by atoms with Gasteiger partial charge >= 0.3 is 0 Å². The molecule has 0 aliphatic heterocycles. The number of anilines is 1. The van der Waals surface area contributed by atoms with E-state index in [2.05, 4.69) is 4.72 Å². The number of methoxy groups -OCH3 is 1. The summed E-state index contributed by atoms with van der Waals surface area (Å²) in [6, 6.07) is 14.4. The smallest absolute Gasteiger partial charge is 0.236 e. The highest BCUT2D eigenvalue weighted by atomic mass is 32.2. The van der Waals surface area contributed by atoms with E-state index in [4.69, 9.17) is 4.74 Å². The van der Waals surface area contributed by atoms with E-state index in [9.17, 15) is 8.42 Å². The van der Waals surface area contributed by atoms with Crippen LogP contribution in [0.2, 0.25) is 0 Å². The van der Waals surface area contributed by atoms with Crippen LogP contribution >= 0.6 is 0 Å². The zero-order valence-electron chi connectivity index (χ0n) is 12.2. The van der Waals surface area contributed by atoms with Gasteiger partial charge in [-0.25, -0.2) is 8.42 Å². The fraction of sp³-hybridized carbons (Fsp3) is 0.250. The summed E-state index contributed by atoms with van der Waals surface area (Å²) >= 11 is 0. The maximum Gasteiger partial charge on any atom is 0.236 e. The van der Waals surface area contributed by atoms with Crippen molar-refractivity contribution in [3.05, 3.63) is 59.7 Å². The average molecular weight is 305 g/mol. The van der Waals surface area contributed by atoms with Crippen LogP contribution in [0.15, 0.2) is 48.5 Å². The third kappa shape index (κ3) is 4.23. The molecule has 0 aliphatic rings. The molecule has 2 aromatic rings. The molecule has 0 radical (unpaired) electrons. The van der Waals surface area contributed by atoms with E-state index in [1.807, 2.05) is 25.1 Å². The number of ether oxygens (including phenoxy) is 1. The first-order valence-electron chi connectivity index (χ1n) is 6.75. The highest BCUT2D eigenvalue weighted by Crippen LogP contribution is 2.24. The Balaban J connectivity index is 2.17. The number of sulfonamides is 1. The van der Waals surface area contributed by atoms with Gasteiger partial charge in [-0.1, -0.05) is 37.3 Å². The zero-order valence-corrected chi connectivity index (χ0v) is 13.0. The van der Waals surface area contributed by atoms with Crippen molar-refractivity contribution < 1.29 is 13.2 Å². The summed E-state index contributed by atoms with van der Waals surface area (Å²) in [5, 5.41) is 0. The summed E-state index contributed by atoms with van der Waals surface area (Å²) in [5.74, 6) is 0.727. The highest BCUT2D eigenvalue weighted by Gasteiger charge is 2.12.